The molecule has 3 heterocycles. The molecule has 8 heteroatoms. The third-order valence-electron chi connectivity index (χ3n) is 4.25. The third-order valence-corrected chi connectivity index (χ3v) is 6.59. The molecule has 2 saturated heterocycles. The zero-order valence-corrected chi connectivity index (χ0v) is 12.6. The molecule has 5 nitrogen and oxygen atoms in total. The summed E-state index contributed by atoms with van der Waals surface area (Å²) in [6.45, 7) is 4.16. The molecule has 1 unspecified atom stereocenters. The molecule has 21 heavy (non-hydrogen) atoms. The van der Waals surface area contributed by atoms with Gasteiger partial charge in [0.1, 0.15) is 11.1 Å². The minimum atomic E-state index is -3.62. The minimum absolute atomic E-state index is 0.0268. The molecule has 2 N–H and O–H groups in total. The van der Waals surface area contributed by atoms with Gasteiger partial charge in [-0.05, 0) is 19.1 Å². The zero-order chi connectivity index (χ0) is 15.5. The summed E-state index contributed by atoms with van der Waals surface area (Å²) in [6, 6.07) is 2.33. The molecule has 1 spiro atoms. The number of sulfone groups is 1. The average molecular weight is 317 g/mol. The zero-order valence-electron chi connectivity index (χ0n) is 11.8. The maximum Gasteiger partial charge on any atom is 0.286 e. The highest BCUT2D eigenvalue weighted by atomic mass is 32.2. The second-order valence-electron chi connectivity index (χ2n) is 5.94. The van der Waals surface area contributed by atoms with Crippen LogP contribution in [0.15, 0.2) is 17.0 Å². The maximum absolute atomic E-state index is 13.3. The van der Waals surface area contributed by atoms with E-state index in [0.717, 1.165) is 13.0 Å². The molecular weight excluding hydrogens is 300 g/mol. The molecule has 2 aliphatic heterocycles. The van der Waals surface area contributed by atoms with Crippen LogP contribution < -0.4 is 10.6 Å². The van der Waals surface area contributed by atoms with Crippen molar-refractivity contribution in [3.05, 3.63) is 23.5 Å². The van der Waals surface area contributed by atoms with Gasteiger partial charge in [-0.1, -0.05) is 0 Å². The van der Waals surface area contributed by atoms with Gasteiger partial charge < -0.3 is 5.32 Å². The van der Waals surface area contributed by atoms with E-state index in [0.29, 0.717) is 19.6 Å². The number of nitrogens with zero attached hydrogens (tertiary/aromatic N) is 1. The van der Waals surface area contributed by atoms with Crippen LogP contribution in [0, 0.1) is 12.3 Å². The lowest BCUT2D eigenvalue weighted by molar-refractivity contribution is 0.0125. The Labute approximate surface area is 122 Å². The second kappa shape index (κ2) is 4.44. The Bertz CT molecular complexity index is 676. The van der Waals surface area contributed by atoms with Crippen molar-refractivity contribution in [3.63, 3.8) is 0 Å². The summed E-state index contributed by atoms with van der Waals surface area (Å²) in [5.74, 6) is -3.08. The standard InChI is InChI=1S/C13H17F2N3O2S/c1-8-9(3-4-10(18-8)12(2,14)15)21(19,20)11-13(7-17-11)5-16-6-13/h3-4,11,16-17H,5-7H2,1-2H3. The summed E-state index contributed by atoms with van der Waals surface area (Å²) in [5, 5.41) is 5.36. The van der Waals surface area contributed by atoms with Crippen molar-refractivity contribution in [3.8, 4) is 0 Å². The predicted octanol–water partition coefficient (Wildman–Crippen LogP) is 0.794. The SMILES string of the molecule is Cc1nc(C(C)(F)F)ccc1S(=O)(=O)C1NCC12CNC2. The van der Waals surface area contributed by atoms with Crippen LogP contribution in [0.5, 0.6) is 0 Å². The highest BCUT2D eigenvalue weighted by Crippen LogP contribution is 2.40. The van der Waals surface area contributed by atoms with Gasteiger partial charge in [-0.25, -0.2) is 8.42 Å². The number of alkyl halides is 2. The number of rotatable bonds is 3. The lowest BCUT2D eigenvalue weighted by atomic mass is 9.76. The first-order chi connectivity index (χ1) is 9.67. The van der Waals surface area contributed by atoms with Crippen molar-refractivity contribution < 1.29 is 17.2 Å². The Morgan fingerprint density at radius 3 is 2.38 bits per heavy atom. The van der Waals surface area contributed by atoms with E-state index >= 15 is 0 Å². The molecule has 1 aromatic heterocycles. The summed E-state index contributed by atoms with van der Waals surface area (Å²) < 4.78 is 51.9. The van der Waals surface area contributed by atoms with Crippen molar-refractivity contribution in [1.29, 1.82) is 0 Å². The Morgan fingerprint density at radius 1 is 1.33 bits per heavy atom. The van der Waals surface area contributed by atoms with Crippen molar-refractivity contribution in [2.75, 3.05) is 19.6 Å². The van der Waals surface area contributed by atoms with E-state index in [1.165, 1.54) is 13.0 Å². The van der Waals surface area contributed by atoms with Crippen LogP contribution >= 0.6 is 0 Å². The molecule has 0 amide bonds. The lowest BCUT2D eigenvalue weighted by Gasteiger charge is -2.55. The number of aromatic nitrogens is 1. The van der Waals surface area contributed by atoms with Gasteiger partial charge in [-0.15, -0.1) is 0 Å². The number of pyridine rings is 1. The van der Waals surface area contributed by atoms with Crippen LogP contribution in [0.4, 0.5) is 8.78 Å². The van der Waals surface area contributed by atoms with Crippen LogP contribution in [-0.4, -0.2) is 38.4 Å². The topological polar surface area (TPSA) is 71.1 Å². The molecule has 0 saturated carbocycles. The monoisotopic (exact) mass is 317 g/mol. The maximum atomic E-state index is 13.3. The fourth-order valence-corrected chi connectivity index (χ4v) is 5.07. The van der Waals surface area contributed by atoms with Crippen LogP contribution in [0.1, 0.15) is 18.3 Å². The first-order valence-corrected chi connectivity index (χ1v) is 8.25. The largest absolute Gasteiger partial charge is 0.315 e. The van der Waals surface area contributed by atoms with Crippen molar-refractivity contribution >= 4 is 9.84 Å². The van der Waals surface area contributed by atoms with Gasteiger partial charge in [0, 0.05) is 32.0 Å². The molecule has 0 aliphatic carbocycles. The molecule has 0 radical (unpaired) electrons. The third kappa shape index (κ3) is 2.16. The lowest BCUT2D eigenvalue weighted by Crippen LogP contribution is -2.77. The minimum Gasteiger partial charge on any atom is -0.315 e. The number of aryl methyl sites for hydroxylation is 1. The molecular formula is C13H17F2N3O2S. The van der Waals surface area contributed by atoms with Crippen molar-refractivity contribution in [2.24, 2.45) is 5.41 Å². The number of nitrogens with one attached hydrogen (secondary N) is 2. The van der Waals surface area contributed by atoms with E-state index < -0.39 is 26.8 Å². The summed E-state index contributed by atoms with van der Waals surface area (Å²) in [6.07, 6.45) is 0. The molecule has 2 fully saturated rings. The summed E-state index contributed by atoms with van der Waals surface area (Å²) >= 11 is 0. The van der Waals surface area contributed by atoms with E-state index in [1.54, 1.807) is 0 Å². The smallest absolute Gasteiger partial charge is 0.286 e. The first kappa shape index (κ1) is 14.8. The number of hydrogen-bond acceptors (Lipinski definition) is 5. The average Bonchev–Trinajstić information content (AvgIpc) is 2.22. The van der Waals surface area contributed by atoms with E-state index in [-0.39, 0.29) is 16.0 Å². The van der Waals surface area contributed by atoms with Gasteiger partial charge in [0.2, 0.25) is 0 Å². The molecule has 0 aromatic carbocycles. The van der Waals surface area contributed by atoms with Gasteiger partial charge in [-0.2, -0.15) is 8.78 Å². The highest BCUT2D eigenvalue weighted by molar-refractivity contribution is 7.92. The van der Waals surface area contributed by atoms with Gasteiger partial charge in [0.25, 0.3) is 5.92 Å². The first-order valence-electron chi connectivity index (χ1n) is 6.71. The summed E-state index contributed by atoms with van der Waals surface area (Å²) in [7, 11) is -3.62. The molecule has 1 aromatic rings. The molecule has 0 bridgehead atoms. The fraction of sp³-hybridized carbons (Fsp3) is 0.615. The number of hydrogen-bond donors (Lipinski definition) is 2. The van der Waals surface area contributed by atoms with Crippen LogP contribution in [0.2, 0.25) is 0 Å². The van der Waals surface area contributed by atoms with Crippen LogP contribution in [-0.2, 0) is 15.8 Å². The summed E-state index contributed by atoms with van der Waals surface area (Å²) in [4.78, 5) is 3.80. The van der Waals surface area contributed by atoms with Crippen molar-refractivity contribution in [1.82, 2.24) is 15.6 Å². The quantitative estimate of drug-likeness (QED) is 0.863. The normalized spacial score (nSPS) is 24.5. The highest BCUT2D eigenvalue weighted by Gasteiger charge is 2.57. The van der Waals surface area contributed by atoms with Gasteiger partial charge in [0.15, 0.2) is 9.84 Å². The fourth-order valence-electron chi connectivity index (χ4n) is 2.89. The Kier molecular flexibility index (Phi) is 3.13. The predicted molar refractivity (Wildman–Crippen MR) is 72.8 cm³/mol. The Morgan fingerprint density at radius 2 is 2.00 bits per heavy atom. The summed E-state index contributed by atoms with van der Waals surface area (Å²) in [5.41, 5.74) is -0.566. The molecule has 1 atom stereocenters. The van der Waals surface area contributed by atoms with Crippen LogP contribution in [0.25, 0.3) is 0 Å². The number of halogens is 2. The van der Waals surface area contributed by atoms with Gasteiger partial charge in [-0.3, -0.25) is 10.3 Å². The molecule has 3 rings (SSSR count). The molecule has 116 valence electrons. The molecule has 2 aliphatic rings. The Balaban J connectivity index is 1.97. The van der Waals surface area contributed by atoms with E-state index in [1.807, 2.05) is 0 Å². The van der Waals surface area contributed by atoms with E-state index in [4.69, 9.17) is 0 Å². The Hall–Kier alpha value is -1.12. The van der Waals surface area contributed by atoms with Crippen molar-refractivity contribution in [2.45, 2.75) is 30.0 Å². The van der Waals surface area contributed by atoms with E-state index in [9.17, 15) is 17.2 Å². The van der Waals surface area contributed by atoms with E-state index in [2.05, 4.69) is 15.6 Å². The van der Waals surface area contributed by atoms with Gasteiger partial charge in [0.05, 0.1) is 10.6 Å². The second-order valence-corrected chi connectivity index (χ2v) is 7.94. The van der Waals surface area contributed by atoms with Gasteiger partial charge >= 0.3 is 0 Å². The van der Waals surface area contributed by atoms with Crippen LogP contribution in [0.3, 0.4) is 0 Å².